The van der Waals surface area contributed by atoms with E-state index in [0.29, 0.717) is 13.1 Å². The molecule has 3 heterocycles. The van der Waals surface area contributed by atoms with Gasteiger partial charge in [0.2, 0.25) is 0 Å². The largest absolute Gasteiger partial charge is 0.436 e. The quantitative estimate of drug-likeness (QED) is 0.566. The zero-order chi connectivity index (χ0) is 20.8. The lowest BCUT2D eigenvalue weighted by Gasteiger charge is -2.36. The minimum absolute atomic E-state index is 0.223. The van der Waals surface area contributed by atoms with Gasteiger partial charge >= 0.3 is 18.0 Å². The van der Waals surface area contributed by atoms with E-state index in [1.807, 2.05) is 6.92 Å². The van der Waals surface area contributed by atoms with Crippen molar-refractivity contribution >= 4 is 5.82 Å². The first-order valence-corrected chi connectivity index (χ1v) is 9.43. The van der Waals surface area contributed by atoms with Crippen LogP contribution in [0.2, 0.25) is 0 Å². The van der Waals surface area contributed by atoms with Gasteiger partial charge in [0, 0.05) is 11.5 Å². The predicted molar refractivity (Wildman–Crippen MR) is 97.8 cm³/mol. The average Bonchev–Trinajstić information content (AvgIpc) is 3.17. The Kier molecular flexibility index (Phi) is 4.76. The fourth-order valence-corrected chi connectivity index (χ4v) is 4.21. The number of rotatable bonds is 4. The van der Waals surface area contributed by atoms with Crippen molar-refractivity contribution in [3.63, 3.8) is 0 Å². The van der Waals surface area contributed by atoms with Crippen molar-refractivity contribution in [3.8, 4) is 6.01 Å². The van der Waals surface area contributed by atoms with Gasteiger partial charge in [-0.15, -0.1) is 0 Å². The number of nitro groups is 1. The Morgan fingerprint density at radius 2 is 1.93 bits per heavy atom. The Hall–Kier alpha value is -2.62. The topological polar surface area (TPSA) is 73.4 Å². The molecule has 1 atom stereocenters. The number of likely N-dealkylation sites (tertiary alicyclic amines) is 1. The van der Waals surface area contributed by atoms with E-state index in [0.717, 1.165) is 43.6 Å². The molecule has 4 rings (SSSR count). The van der Waals surface area contributed by atoms with Crippen molar-refractivity contribution in [2.75, 3.05) is 19.6 Å². The SMILES string of the molecule is CC1(CN2CCC(c3ccc(C(F)(F)F)cc3)CC2)Cn2cc([N+](=O)[O-])nc2O1. The third-order valence-electron chi connectivity index (χ3n) is 5.61. The molecule has 1 fully saturated rings. The Morgan fingerprint density at radius 1 is 1.28 bits per heavy atom. The Balaban J connectivity index is 1.32. The number of ether oxygens (including phenoxy) is 1. The maximum absolute atomic E-state index is 12.7. The third-order valence-corrected chi connectivity index (χ3v) is 5.61. The van der Waals surface area contributed by atoms with Crippen LogP contribution in [-0.2, 0) is 12.7 Å². The molecule has 1 unspecified atom stereocenters. The van der Waals surface area contributed by atoms with Crippen LogP contribution in [0, 0.1) is 10.1 Å². The van der Waals surface area contributed by atoms with E-state index in [1.165, 1.54) is 6.20 Å². The maximum Gasteiger partial charge on any atom is 0.416 e. The maximum atomic E-state index is 12.7. The molecule has 0 N–H and O–H groups in total. The van der Waals surface area contributed by atoms with Crippen LogP contribution in [0.3, 0.4) is 0 Å². The molecule has 1 aromatic heterocycles. The summed E-state index contributed by atoms with van der Waals surface area (Å²) >= 11 is 0. The highest BCUT2D eigenvalue weighted by molar-refractivity contribution is 5.27. The Labute approximate surface area is 165 Å². The van der Waals surface area contributed by atoms with Crippen molar-refractivity contribution in [1.29, 1.82) is 0 Å². The molecule has 1 aromatic carbocycles. The highest BCUT2D eigenvalue weighted by atomic mass is 19.4. The Bertz CT molecular complexity index is 879. The van der Waals surface area contributed by atoms with Gasteiger partial charge in [-0.25, -0.2) is 0 Å². The molecule has 0 bridgehead atoms. The monoisotopic (exact) mass is 410 g/mol. The third kappa shape index (κ3) is 4.07. The summed E-state index contributed by atoms with van der Waals surface area (Å²) in [6, 6.07) is 5.72. The number of hydrogen-bond acceptors (Lipinski definition) is 5. The number of alkyl halides is 3. The number of nitrogens with zero attached hydrogens (tertiary/aromatic N) is 4. The second-order valence-electron chi connectivity index (χ2n) is 7.99. The summed E-state index contributed by atoms with van der Waals surface area (Å²) in [4.78, 5) is 16.4. The van der Waals surface area contributed by atoms with Crippen molar-refractivity contribution in [1.82, 2.24) is 14.5 Å². The first kappa shape index (κ1) is 19.7. The average molecular weight is 410 g/mol. The van der Waals surface area contributed by atoms with Crippen LogP contribution in [0.4, 0.5) is 19.0 Å². The van der Waals surface area contributed by atoms with E-state index in [1.54, 1.807) is 16.7 Å². The van der Waals surface area contributed by atoms with Gasteiger partial charge in [-0.3, -0.25) is 9.47 Å². The minimum atomic E-state index is -4.31. The normalized spacial score (nSPS) is 23.0. The summed E-state index contributed by atoms with van der Waals surface area (Å²) in [6.07, 6.45) is -1.21. The molecule has 0 saturated carbocycles. The number of aromatic nitrogens is 2. The molecule has 0 spiro atoms. The highest BCUT2D eigenvalue weighted by Crippen LogP contribution is 2.35. The molecule has 156 valence electrons. The lowest BCUT2D eigenvalue weighted by molar-refractivity contribution is -0.389. The van der Waals surface area contributed by atoms with Crippen LogP contribution >= 0.6 is 0 Å². The second-order valence-corrected chi connectivity index (χ2v) is 7.99. The molecule has 0 aliphatic carbocycles. The molecule has 10 heteroatoms. The molecule has 7 nitrogen and oxygen atoms in total. The van der Waals surface area contributed by atoms with Gasteiger partial charge in [-0.1, -0.05) is 12.1 Å². The highest BCUT2D eigenvalue weighted by Gasteiger charge is 2.42. The number of imidazole rings is 1. The van der Waals surface area contributed by atoms with Gasteiger partial charge in [-0.05, 0) is 61.4 Å². The first-order valence-electron chi connectivity index (χ1n) is 9.43. The fraction of sp³-hybridized carbons (Fsp3) is 0.526. The van der Waals surface area contributed by atoms with Crippen LogP contribution in [0.1, 0.15) is 36.8 Å². The van der Waals surface area contributed by atoms with E-state index in [9.17, 15) is 23.3 Å². The molecule has 2 aliphatic rings. The summed E-state index contributed by atoms with van der Waals surface area (Å²) in [5.74, 6) is 0.0170. The van der Waals surface area contributed by atoms with Gasteiger partial charge < -0.3 is 14.9 Å². The zero-order valence-electron chi connectivity index (χ0n) is 15.9. The molecule has 2 aliphatic heterocycles. The van der Waals surface area contributed by atoms with E-state index in [4.69, 9.17) is 4.74 Å². The van der Waals surface area contributed by atoms with Crippen LogP contribution < -0.4 is 4.74 Å². The van der Waals surface area contributed by atoms with Gasteiger partial charge in [0.1, 0.15) is 11.8 Å². The van der Waals surface area contributed by atoms with Gasteiger partial charge in [0.25, 0.3) is 0 Å². The number of piperidine rings is 1. The second kappa shape index (κ2) is 7.01. The van der Waals surface area contributed by atoms with Crippen LogP contribution in [0.15, 0.2) is 30.5 Å². The van der Waals surface area contributed by atoms with E-state index in [2.05, 4.69) is 9.88 Å². The summed E-state index contributed by atoms with van der Waals surface area (Å²) in [6.45, 7) is 4.72. The Morgan fingerprint density at radius 3 is 2.48 bits per heavy atom. The lowest BCUT2D eigenvalue weighted by atomic mass is 9.88. The number of halogens is 3. The summed E-state index contributed by atoms with van der Waals surface area (Å²) in [7, 11) is 0. The fourth-order valence-electron chi connectivity index (χ4n) is 4.21. The zero-order valence-corrected chi connectivity index (χ0v) is 15.9. The summed E-state index contributed by atoms with van der Waals surface area (Å²) < 4.78 is 45.7. The smallest absolute Gasteiger partial charge is 0.416 e. The molecular formula is C19H21F3N4O3. The molecule has 29 heavy (non-hydrogen) atoms. The molecule has 0 amide bonds. The number of fused-ring (bicyclic) bond motifs is 1. The van der Waals surface area contributed by atoms with Crippen molar-refractivity contribution < 1.29 is 22.8 Å². The first-order chi connectivity index (χ1) is 13.6. The van der Waals surface area contributed by atoms with Crippen LogP contribution in [0.5, 0.6) is 6.01 Å². The molecular weight excluding hydrogens is 389 g/mol. The molecule has 1 saturated heterocycles. The van der Waals surface area contributed by atoms with E-state index < -0.39 is 22.3 Å². The van der Waals surface area contributed by atoms with Crippen molar-refractivity contribution in [2.45, 2.75) is 44.0 Å². The standard InChI is InChI=1S/C19H21F3N4O3/c1-18(12-25-10-16(26(27)28)23-17(25)29-18)11-24-8-6-14(7-9-24)13-2-4-15(5-3-13)19(20,21)22/h2-5,10,14H,6-9,11-12H2,1H3. The molecule has 0 radical (unpaired) electrons. The van der Waals surface area contributed by atoms with E-state index >= 15 is 0 Å². The van der Waals surface area contributed by atoms with Gasteiger partial charge in [-0.2, -0.15) is 13.2 Å². The number of hydrogen-bond donors (Lipinski definition) is 0. The summed E-state index contributed by atoms with van der Waals surface area (Å²) in [5, 5.41) is 10.8. The van der Waals surface area contributed by atoms with E-state index in [-0.39, 0.29) is 17.7 Å². The lowest BCUT2D eigenvalue weighted by Crippen LogP contribution is -2.47. The van der Waals surface area contributed by atoms with Crippen molar-refractivity contribution in [2.24, 2.45) is 0 Å². The van der Waals surface area contributed by atoms with Crippen LogP contribution in [-0.4, -0.2) is 44.6 Å². The number of benzene rings is 1. The minimum Gasteiger partial charge on any atom is -0.436 e. The summed E-state index contributed by atoms with van der Waals surface area (Å²) in [5.41, 5.74) is -0.199. The molecule has 2 aromatic rings. The van der Waals surface area contributed by atoms with Gasteiger partial charge in [0.05, 0.1) is 12.1 Å². The van der Waals surface area contributed by atoms with Gasteiger partial charge in [0.15, 0.2) is 0 Å². The van der Waals surface area contributed by atoms with Crippen molar-refractivity contribution in [3.05, 3.63) is 51.7 Å². The predicted octanol–water partition coefficient (Wildman–Crippen LogP) is 3.84. The van der Waals surface area contributed by atoms with Crippen LogP contribution in [0.25, 0.3) is 0 Å².